The molecule has 1 fully saturated rings. The fourth-order valence-electron chi connectivity index (χ4n) is 4.79. The Morgan fingerprint density at radius 2 is 1.75 bits per heavy atom. The van der Waals surface area contributed by atoms with Crippen LogP contribution in [-0.2, 0) is 33.4 Å². The number of halogens is 3. The van der Waals surface area contributed by atoms with Gasteiger partial charge in [0.1, 0.15) is 31.4 Å². The van der Waals surface area contributed by atoms with Gasteiger partial charge in [0.05, 0.1) is 5.44 Å². The van der Waals surface area contributed by atoms with Crippen molar-refractivity contribution in [1.29, 1.82) is 0 Å². The number of benzene rings is 2. The van der Waals surface area contributed by atoms with Crippen molar-refractivity contribution in [2.24, 2.45) is 0 Å². The van der Waals surface area contributed by atoms with Crippen LogP contribution in [0.3, 0.4) is 0 Å². The summed E-state index contributed by atoms with van der Waals surface area (Å²) >= 11 is 5.73. The van der Waals surface area contributed by atoms with Gasteiger partial charge in [-0.2, -0.15) is 8.78 Å². The number of hydrogen-bond acceptors (Lipinski definition) is 4. The van der Waals surface area contributed by atoms with Gasteiger partial charge in [-0.25, -0.2) is 0 Å². The highest BCUT2D eigenvalue weighted by molar-refractivity contribution is 6.58. The molecule has 0 aromatic heterocycles. The first-order valence-corrected chi connectivity index (χ1v) is 11.8. The minimum Gasteiger partial charge on any atom is -0.346 e. The lowest BCUT2D eigenvalue weighted by molar-refractivity contribution is -0.147. The molecule has 7 nitrogen and oxygen atoms in total. The Hall–Kier alpha value is -3.07. The van der Waals surface area contributed by atoms with Crippen LogP contribution in [0.4, 0.5) is 8.78 Å². The monoisotopic (exact) mass is 509 g/mol. The summed E-state index contributed by atoms with van der Waals surface area (Å²) in [6.45, 7) is -0.0748. The lowest BCUT2D eigenvalue weighted by Crippen LogP contribution is -2.70. The van der Waals surface area contributed by atoms with E-state index in [2.05, 4.69) is 10.6 Å². The Labute approximate surface area is 215 Å². The molecular formula is C22H22B4ClF2N3O4. The van der Waals surface area contributed by atoms with Crippen molar-refractivity contribution < 1.29 is 28.0 Å². The first kappa shape index (κ1) is 26.0. The fourth-order valence-corrected chi connectivity index (χ4v) is 4.91. The van der Waals surface area contributed by atoms with Crippen molar-refractivity contribution in [2.45, 2.75) is 35.5 Å². The summed E-state index contributed by atoms with van der Waals surface area (Å²) in [7, 11) is 6.87. The van der Waals surface area contributed by atoms with Crippen molar-refractivity contribution in [3.63, 3.8) is 0 Å². The molecule has 1 unspecified atom stereocenters. The molecule has 0 spiro atoms. The third-order valence-electron chi connectivity index (χ3n) is 7.68. The van der Waals surface area contributed by atoms with E-state index in [0.29, 0.717) is 16.7 Å². The highest BCUT2D eigenvalue weighted by Crippen LogP contribution is 2.46. The second-order valence-corrected chi connectivity index (χ2v) is 10.5. The van der Waals surface area contributed by atoms with E-state index in [0.717, 1.165) is 12.1 Å². The molecule has 14 heteroatoms. The maximum Gasteiger partial charge on any atom is 0.349 e. The van der Waals surface area contributed by atoms with E-state index in [1.807, 2.05) is 0 Å². The van der Waals surface area contributed by atoms with E-state index in [1.165, 1.54) is 17.0 Å². The molecule has 0 bridgehead atoms. The molecule has 2 aromatic carbocycles. The topological polar surface area (TPSA) is 95.6 Å². The largest absolute Gasteiger partial charge is 0.349 e. The van der Waals surface area contributed by atoms with Crippen LogP contribution in [-0.4, -0.2) is 65.4 Å². The lowest BCUT2D eigenvalue weighted by atomic mass is 9.35. The van der Waals surface area contributed by atoms with Gasteiger partial charge >= 0.3 is 5.92 Å². The van der Waals surface area contributed by atoms with Crippen molar-refractivity contribution in [3.05, 3.63) is 69.7 Å². The quantitative estimate of drug-likeness (QED) is 0.379. The smallest absolute Gasteiger partial charge is 0.346 e. The number of carbonyl (C=O) groups is 4. The van der Waals surface area contributed by atoms with E-state index in [4.69, 9.17) is 11.6 Å². The predicted molar refractivity (Wildman–Crippen MR) is 140 cm³/mol. The van der Waals surface area contributed by atoms with Gasteiger partial charge in [-0.3, -0.25) is 24.5 Å². The fraction of sp³-hybridized carbons (Fsp3) is 0.273. The number of hydrogen-bond donors (Lipinski definition) is 2. The molecule has 2 atom stereocenters. The molecule has 4 rings (SSSR count). The molecule has 4 amide bonds. The summed E-state index contributed by atoms with van der Waals surface area (Å²) in [6.07, 6.45) is 0. The standard InChI is InChI=1S/C22H22B4ClF2N3O4/c23-16-20(24,25)17(34)31-18(35)21(16,26)32-9-11-7-10(1-6-14(11)15(32)33)8-30-19(36)22(28,29)12-2-4-13(27)5-3-12/h1-7,16H,8-9,23-26H2,(H,30,36)(H,31,34,35)/t16?,21-/m1/s1. The number of alkyl halides is 2. The van der Waals surface area contributed by atoms with Crippen LogP contribution in [0.25, 0.3) is 0 Å². The molecule has 182 valence electrons. The summed E-state index contributed by atoms with van der Waals surface area (Å²) < 4.78 is 29.1. The van der Waals surface area contributed by atoms with E-state index in [1.54, 1.807) is 49.6 Å². The van der Waals surface area contributed by atoms with E-state index < -0.39 is 45.7 Å². The molecule has 1 saturated heterocycles. The average molecular weight is 509 g/mol. The maximum atomic E-state index is 14.5. The number of fused-ring (bicyclic) bond motifs is 1. The van der Waals surface area contributed by atoms with Crippen LogP contribution in [0.5, 0.6) is 0 Å². The van der Waals surface area contributed by atoms with Crippen LogP contribution in [0, 0.1) is 0 Å². The predicted octanol–water partition coefficient (Wildman–Crippen LogP) is -1.51. The Bertz CT molecular complexity index is 1290. The molecule has 0 aliphatic carbocycles. The molecule has 2 aliphatic rings. The van der Waals surface area contributed by atoms with Crippen LogP contribution in [0.1, 0.15) is 27.0 Å². The lowest BCUT2D eigenvalue weighted by Gasteiger charge is -2.51. The molecular weight excluding hydrogens is 487 g/mol. The molecule has 36 heavy (non-hydrogen) atoms. The van der Waals surface area contributed by atoms with Gasteiger partial charge in [-0.15, -0.1) is 0 Å². The SMILES string of the molecule is BC1C(B)(B)C(=O)NC(=O)[C@]1(B)N1Cc2cc(CNC(=O)C(F)(F)c3ccc(Cl)cc3)ccc2C1=O. The Balaban J connectivity index is 1.51. The summed E-state index contributed by atoms with van der Waals surface area (Å²) in [5, 5.41) is 4.03. The Kier molecular flexibility index (Phi) is 6.35. The van der Waals surface area contributed by atoms with Gasteiger partial charge in [0, 0.05) is 29.2 Å². The zero-order chi connectivity index (χ0) is 26.6. The van der Waals surface area contributed by atoms with Crippen LogP contribution in [0.15, 0.2) is 42.5 Å². The molecule has 0 saturated carbocycles. The van der Waals surface area contributed by atoms with Crippen molar-refractivity contribution in [1.82, 2.24) is 15.5 Å². The molecule has 2 aliphatic heterocycles. The van der Waals surface area contributed by atoms with E-state index in [9.17, 15) is 28.0 Å². The highest BCUT2D eigenvalue weighted by atomic mass is 35.5. The number of nitrogens with zero attached hydrogens (tertiary/aromatic N) is 1. The zero-order valence-corrected chi connectivity index (χ0v) is 21.0. The first-order chi connectivity index (χ1) is 16.7. The van der Waals surface area contributed by atoms with Crippen LogP contribution >= 0.6 is 11.6 Å². The number of nitrogens with one attached hydrogen (secondary N) is 2. The van der Waals surface area contributed by atoms with Gasteiger partial charge in [0.2, 0.25) is 11.8 Å². The molecule has 0 radical (unpaired) electrons. The van der Waals surface area contributed by atoms with Crippen molar-refractivity contribution in [3.8, 4) is 0 Å². The maximum absolute atomic E-state index is 14.5. The second kappa shape index (κ2) is 8.80. The summed E-state index contributed by atoms with van der Waals surface area (Å²) in [4.78, 5) is 52.2. The third-order valence-corrected chi connectivity index (χ3v) is 7.93. The third kappa shape index (κ3) is 4.03. The molecule has 2 heterocycles. The minimum absolute atomic E-state index is 0.107. The first-order valence-electron chi connectivity index (χ1n) is 11.4. The highest BCUT2D eigenvalue weighted by Gasteiger charge is 2.58. The van der Waals surface area contributed by atoms with Crippen molar-refractivity contribution >= 4 is 66.6 Å². The zero-order valence-electron chi connectivity index (χ0n) is 20.2. The number of carbonyl (C=O) groups excluding carboxylic acids is 4. The average Bonchev–Trinajstić information content (AvgIpc) is 3.16. The van der Waals surface area contributed by atoms with Crippen LogP contribution < -0.4 is 10.6 Å². The van der Waals surface area contributed by atoms with E-state index in [-0.39, 0.29) is 24.0 Å². The van der Waals surface area contributed by atoms with Crippen LogP contribution in [0.2, 0.25) is 16.1 Å². The number of piperidine rings is 1. The second-order valence-electron chi connectivity index (χ2n) is 10.0. The number of imide groups is 1. The summed E-state index contributed by atoms with van der Waals surface area (Å²) in [5.41, 5.74) is -0.248. The Morgan fingerprint density at radius 1 is 1.11 bits per heavy atom. The summed E-state index contributed by atoms with van der Waals surface area (Å²) in [5.74, 6) is -6.98. The van der Waals surface area contributed by atoms with Gasteiger partial charge in [0.15, 0.2) is 0 Å². The van der Waals surface area contributed by atoms with Gasteiger partial charge in [-0.05, 0) is 40.4 Å². The van der Waals surface area contributed by atoms with Gasteiger partial charge in [0.25, 0.3) is 11.8 Å². The van der Waals surface area contributed by atoms with Gasteiger partial charge in [-0.1, -0.05) is 35.9 Å². The molecule has 2 aromatic rings. The normalized spacial score (nSPS) is 23.2. The molecule has 2 N–H and O–H groups in total. The summed E-state index contributed by atoms with van der Waals surface area (Å²) in [6, 6.07) is 9.53. The number of rotatable bonds is 5. The van der Waals surface area contributed by atoms with Gasteiger partial charge < -0.3 is 10.2 Å². The Morgan fingerprint density at radius 3 is 2.39 bits per heavy atom. The number of amides is 4. The van der Waals surface area contributed by atoms with Crippen molar-refractivity contribution in [2.75, 3.05) is 0 Å². The minimum atomic E-state index is -3.75. The van der Waals surface area contributed by atoms with E-state index >= 15 is 0 Å².